The van der Waals surface area contributed by atoms with Crippen LogP contribution in [0.4, 0.5) is 0 Å². The van der Waals surface area contributed by atoms with Gasteiger partial charge >= 0.3 is 0 Å². The molecule has 0 aromatic heterocycles. The molecule has 1 fully saturated rings. The Balaban J connectivity index is 2.39. The van der Waals surface area contributed by atoms with Gasteiger partial charge in [-0.05, 0) is 26.2 Å². The molecule has 1 unspecified atom stereocenters. The van der Waals surface area contributed by atoms with Gasteiger partial charge in [0.15, 0.2) is 0 Å². The van der Waals surface area contributed by atoms with E-state index in [9.17, 15) is 0 Å². The van der Waals surface area contributed by atoms with Crippen LogP contribution in [-0.4, -0.2) is 6.04 Å². The topological polar surface area (TPSA) is 38.0 Å². The van der Waals surface area contributed by atoms with Crippen molar-refractivity contribution in [3.05, 3.63) is 11.6 Å². The van der Waals surface area contributed by atoms with Crippen molar-refractivity contribution < 1.29 is 0 Å². The van der Waals surface area contributed by atoms with Crippen LogP contribution in [0.15, 0.2) is 11.6 Å². The molecule has 0 aromatic carbocycles. The highest BCUT2D eigenvalue weighted by atomic mass is 15.2. The lowest BCUT2D eigenvalue weighted by Gasteiger charge is -2.19. The van der Waals surface area contributed by atoms with E-state index in [1.807, 2.05) is 0 Å². The molecule has 1 saturated carbocycles. The number of allylic oxidation sites excluding steroid dienone is 1. The van der Waals surface area contributed by atoms with Crippen molar-refractivity contribution in [3.8, 4) is 0 Å². The third kappa shape index (κ3) is 5.33. The van der Waals surface area contributed by atoms with Gasteiger partial charge in [0.1, 0.15) is 0 Å². The van der Waals surface area contributed by atoms with Crippen LogP contribution in [0.1, 0.15) is 58.8 Å². The number of rotatable bonds is 4. The summed E-state index contributed by atoms with van der Waals surface area (Å²) < 4.78 is 0. The fraction of sp³-hybridized carbons (Fsp3) is 0.846. The largest absolute Gasteiger partial charge is 0.271 e. The molecule has 0 aliphatic heterocycles. The summed E-state index contributed by atoms with van der Waals surface area (Å²) in [6, 6.07) is 0.373. The van der Waals surface area contributed by atoms with Crippen LogP contribution in [0, 0.1) is 5.92 Å². The summed E-state index contributed by atoms with van der Waals surface area (Å²) in [5.74, 6) is 6.46. The van der Waals surface area contributed by atoms with Crippen molar-refractivity contribution in [2.45, 2.75) is 64.8 Å². The Kier molecular flexibility index (Phi) is 5.96. The van der Waals surface area contributed by atoms with Crippen molar-refractivity contribution in [1.29, 1.82) is 0 Å². The Hall–Kier alpha value is -0.340. The molecule has 15 heavy (non-hydrogen) atoms. The zero-order valence-corrected chi connectivity index (χ0v) is 10.3. The van der Waals surface area contributed by atoms with Crippen molar-refractivity contribution >= 4 is 0 Å². The van der Waals surface area contributed by atoms with Crippen molar-refractivity contribution in [2.24, 2.45) is 11.8 Å². The first-order valence-corrected chi connectivity index (χ1v) is 6.33. The van der Waals surface area contributed by atoms with Gasteiger partial charge < -0.3 is 0 Å². The van der Waals surface area contributed by atoms with Gasteiger partial charge in [0, 0.05) is 6.04 Å². The van der Waals surface area contributed by atoms with Gasteiger partial charge in [-0.15, -0.1) is 0 Å². The van der Waals surface area contributed by atoms with E-state index in [0.717, 1.165) is 5.92 Å². The summed E-state index contributed by atoms with van der Waals surface area (Å²) in [7, 11) is 0. The number of hydrogen-bond donors (Lipinski definition) is 2. The molecule has 0 bridgehead atoms. The molecule has 1 aliphatic carbocycles. The van der Waals surface area contributed by atoms with Gasteiger partial charge in [-0.1, -0.05) is 50.2 Å². The molecule has 1 atom stereocenters. The molecule has 2 nitrogen and oxygen atoms in total. The van der Waals surface area contributed by atoms with Gasteiger partial charge in [-0.25, -0.2) is 0 Å². The molecule has 0 heterocycles. The van der Waals surface area contributed by atoms with Crippen LogP contribution in [0.5, 0.6) is 0 Å². The average molecular weight is 210 g/mol. The molecule has 2 heteroatoms. The molecular formula is C13H26N2. The molecule has 0 saturated heterocycles. The Labute approximate surface area is 94.3 Å². The quantitative estimate of drug-likeness (QED) is 0.324. The third-order valence-corrected chi connectivity index (χ3v) is 3.31. The van der Waals surface area contributed by atoms with Gasteiger partial charge in [0.05, 0.1) is 0 Å². The molecule has 1 rings (SSSR count). The Morgan fingerprint density at radius 1 is 1.27 bits per heavy atom. The first kappa shape index (κ1) is 12.7. The highest BCUT2D eigenvalue weighted by molar-refractivity contribution is 5.00. The second-order valence-electron chi connectivity index (χ2n) is 5.11. The molecule has 0 amide bonds. The van der Waals surface area contributed by atoms with Gasteiger partial charge in [0.25, 0.3) is 0 Å². The number of hydrogen-bond acceptors (Lipinski definition) is 2. The highest BCUT2D eigenvalue weighted by Gasteiger charge is 2.15. The lowest BCUT2D eigenvalue weighted by Crippen LogP contribution is -2.35. The molecule has 0 spiro atoms. The van der Waals surface area contributed by atoms with E-state index in [-0.39, 0.29) is 0 Å². The minimum Gasteiger partial charge on any atom is -0.271 e. The fourth-order valence-electron chi connectivity index (χ4n) is 2.55. The normalized spacial score (nSPS) is 20.7. The zero-order chi connectivity index (χ0) is 11.1. The van der Waals surface area contributed by atoms with Crippen LogP contribution < -0.4 is 11.3 Å². The minimum absolute atomic E-state index is 0.373. The number of hydrazine groups is 1. The lowest BCUT2D eigenvalue weighted by atomic mass is 9.92. The predicted octanol–water partition coefficient (Wildman–Crippen LogP) is 3.15. The first-order valence-electron chi connectivity index (χ1n) is 6.33. The maximum Gasteiger partial charge on any atom is 0.0395 e. The summed E-state index contributed by atoms with van der Waals surface area (Å²) in [5.41, 5.74) is 4.28. The van der Waals surface area contributed by atoms with Crippen molar-refractivity contribution in [2.75, 3.05) is 0 Å². The zero-order valence-electron chi connectivity index (χ0n) is 10.3. The SMILES string of the molecule is CC(C)=CC(CC1CCCCCC1)NN. The van der Waals surface area contributed by atoms with Crippen LogP contribution in [-0.2, 0) is 0 Å². The molecule has 1 aliphatic rings. The average Bonchev–Trinajstić information content (AvgIpc) is 2.44. The summed E-state index contributed by atoms with van der Waals surface area (Å²) >= 11 is 0. The Bertz CT molecular complexity index is 187. The molecule has 88 valence electrons. The van der Waals surface area contributed by atoms with Crippen LogP contribution >= 0.6 is 0 Å². The van der Waals surface area contributed by atoms with E-state index in [1.54, 1.807) is 0 Å². The van der Waals surface area contributed by atoms with Crippen molar-refractivity contribution in [1.82, 2.24) is 5.43 Å². The van der Waals surface area contributed by atoms with E-state index in [1.165, 1.54) is 50.5 Å². The predicted molar refractivity (Wildman–Crippen MR) is 66.4 cm³/mol. The van der Waals surface area contributed by atoms with E-state index in [0.29, 0.717) is 6.04 Å². The number of nitrogens with one attached hydrogen (secondary N) is 1. The van der Waals surface area contributed by atoms with E-state index < -0.39 is 0 Å². The summed E-state index contributed by atoms with van der Waals surface area (Å²) in [4.78, 5) is 0. The molecule has 0 radical (unpaired) electrons. The third-order valence-electron chi connectivity index (χ3n) is 3.31. The van der Waals surface area contributed by atoms with E-state index >= 15 is 0 Å². The maximum atomic E-state index is 5.58. The van der Waals surface area contributed by atoms with E-state index in [4.69, 9.17) is 5.84 Å². The standard InChI is InChI=1S/C13H26N2/c1-11(2)9-13(15-14)10-12-7-5-3-4-6-8-12/h9,12-13,15H,3-8,10,14H2,1-2H3. The summed E-state index contributed by atoms with van der Waals surface area (Å²) in [5, 5.41) is 0. The summed E-state index contributed by atoms with van der Waals surface area (Å²) in [6.07, 6.45) is 11.9. The monoisotopic (exact) mass is 210 g/mol. The van der Waals surface area contributed by atoms with Crippen LogP contribution in [0.25, 0.3) is 0 Å². The maximum absolute atomic E-state index is 5.58. The molecule has 0 aromatic rings. The smallest absolute Gasteiger partial charge is 0.0395 e. The van der Waals surface area contributed by atoms with Gasteiger partial charge in [-0.2, -0.15) is 0 Å². The second-order valence-corrected chi connectivity index (χ2v) is 5.11. The lowest BCUT2D eigenvalue weighted by molar-refractivity contribution is 0.383. The minimum atomic E-state index is 0.373. The summed E-state index contributed by atoms with van der Waals surface area (Å²) in [6.45, 7) is 4.27. The van der Waals surface area contributed by atoms with Crippen LogP contribution in [0.3, 0.4) is 0 Å². The molecule has 3 N–H and O–H groups in total. The van der Waals surface area contributed by atoms with E-state index in [2.05, 4.69) is 25.3 Å². The first-order chi connectivity index (χ1) is 7.22. The Morgan fingerprint density at radius 2 is 1.87 bits per heavy atom. The fourth-order valence-corrected chi connectivity index (χ4v) is 2.55. The number of nitrogens with two attached hydrogens (primary N) is 1. The van der Waals surface area contributed by atoms with Crippen molar-refractivity contribution in [3.63, 3.8) is 0 Å². The highest BCUT2D eigenvalue weighted by Crippen LogP contribution is 2.26. The second kappa shape index (κ2) is 7.02. The van der Waals surface area contributed by atoms with Crippen LogP contribution in [0.2, 0.25) is 0 Å². The molecular weight excluding hydrogens is 184 g/mol. The van der Waals surface area contributed by atoms with Gasteiger partial charge in [0.2, 0.25) is 0 Å². The Morgan fingerprint density at radius 3 is 2.33 bits per heavy atom. The van der Waals surface area contributed by atoms with Gasteiger partial charge in [-0.3, -0.25) is 11.3 Å².